The Bertz CT molecular complexity index is 929. The maximum atomic E-state index is 12.6. The SMILES string of the molecule is O=C1NCCCc2nc(NC(=O)C3CC(=O)N(c4cccc(Br)c4)C3)sc21. The molecule has 2 aliphatic rings. The topological polar surface area (TPSA) is 91.4 Å². The molecule has 1 aromatic carbocycles. The predicted molar refractivity (Wildman–Crippen MR) is 106 cm³/mol. The van der Waals surface area contributed by atoms with Crippen molar-refractivity contribution in [1.82, 2.24) is 10.3 Å². The summed E-state index contributed by atoms with van der Waals surface area (Å²) in [6.45, 7) is 0.964. The lowest BCUT2D eigenvalue weighted by atomic mass is 10.1. The fourth-order valence-electron chi connectivity index (χ4n) is 3.27. The first kappa shape index (κ1) is 18.1. The van der Waals surface area contributed by atoms with Crippen LogP contribution in [0.4, 0.5) is 10.8 Å². The van der Waals surface area contributed by atoms with E-state index < -0.39 is 5.92 Å². The average Bonchev–Trinajstić information content (AvgIpc) is 3.18. The molecule has 9 heteroatoms. The third kappa shape index (κ3) is 3.74. The standard InChI is InChI=1S/C18H17BrN4O3S/c19-11-3-1-4-12(8-11)23-9-10(7-14(23)24)16(25)22-18-21-13-5-2-6-20-17(26)15(13)27-18/h1,3-4,8,10H,2,5-7,9H2,(H,20,26)(H,21,22,25). The van der Waals surface area contributed by atoms with E-state index >= 15 is 0 Å². The van der Waals surface area contributed by atoms with Crippen LogP contribution in [0.25, 0.3) is 0 Å². The molecular formula is C18H17BrN4O3S. The second-order valence-electron chi connectivity index (χ2n) is 6.53. The molecule has 1 atom stereocenters. The quantitative estimate of drug-likeness (QED) is 0.754. The lowest BCUT2D eigenvalue weighted by molar-refractivity contribution is -0.122. The smallest absolute Gasteiger partial charge is 0.263 e. The molecule has 0 aliphatic carbocycles. The second-order valence-corrected chi connectivity index (χ2v) is 8.44. The van der Waals surface area contributed by atoms with Crippen molar-refractivity contribution in [3.63, 3.8) is 0 Å². The van der Waals surface area contributed by atoms with Gasteiger partial charge in [0.15, 0.2) is 5.13 Å². The summed E-state index contributed by atoms with van der Waals surface area (Å²) in [6, 6.07) is 7.44. The number of amides is 3. The summed E-state index contributed by atoms with van der Waals surface area (Å²) in [7, 11) is 0. The Kier molecular flexibility index (Phi) is 4.96. The van der Waals surface area contributed by atoms with Crippen molar-refractivity contribution in [3.8, 4) is 0 Å². The number of halogens is 1. The Morgan fingerprint density at radius 2 is 2.22 bits per heavy atom. The van der Waals surface area contributed by atoms with Crippen LogP contribution in [0, 0.1) is 5.92 Å². The Morgan fingerprint density at radius 3 is 3.04 bits per heavy atom. The van der Waals surface area contributed by atoms with E-state index in [0.717, 1.165) is 22.3 Å². The fourth-order valence-corrected chi connectivity index (χ4v) is 4.59. The van der Waals surface area contributed by atoms with E-state index in [2.05, 4.69) is 31.5 Å². The number of rotatable bonds is 3. The largest absolute Gasteiger partial charge is 0.351 e. The van der Waals surface area contributed by atoms with Gasteiger partial charge in [0, 0.05) is 29.7 Å². The van der Waals surface area contributed by atoms with Crippen molar-refractivity contribution in [2.75, 3.05) is 23.3 Å². The van der Waals surface area contributed by atoms with Gasteiger partial charge in [-0.15, -0.1) is 0 Å². The fraction of sp³-hybridized carbons (Fsp3) is 0.333. The lowest BCUT2D eigenvalue weighted by Gasteiger charge is -2.16. The molecule has 7 nitrogen and oxygen atoms in total. The highest BCUT2D eigenvalue weighted by Gasteiger charge is 2.35. The molecule has 140 valence electrons. The molecule has 1 unspecified atom stereocenters. The number of carbonyl (C=O) groups is 3. The van der Waals surface area contributed by atoms with Crippen molar-refractivity contribution in [3.05, 3.63) is 39.3 Å². The summed E-state index contributed by atoms with van der Waals surface area (Å²) in [4.78, 5) is 43.6. The number of aryl methyl sites for hydroxylation is 1. The molecule has 2 N–H and O–H groups in total. The maximum Gasteiger partial charge on any atom is 0.263 e. The van der Waals surface area contributed by atoms with Gasteiger partial charge in [0.05, 0.1) is 11.6 Å². The molecule has 3 heterocycles. The number of fused-ring (bicyclic) bond motifs is 1. The molecule has 27 heavy (non-hydrogen) atoms. The van der Waals surface area contributed by atoms with E-state index in [4.69, 9.17) is 0 Å². The van der Waals surface area contributed by atoms with Crippen LogP contribution in [0.3, 0.4) is 0 Å². The zero-order chi connectivity index (χ0) is 19.0. The Labute approximate surface area is 168 Å². The first-order valence-corrected chi connectivity index (χ1v) is 10.3. The van der Waals surface area contributed by atoms with Crippen molar-refractivity contribution in [1.29, 1.82) is 0 Å². The normalized spacial score (nSPS) is 19.4. The minimum absolute atomic E-state index is 0.0810. The first-order chi connectivity index (χ1) is 13.0. The van der Waals surface area contributed by atoms with E-state index in [0.29, 0.717) is 29.5 Å². The Hall–Kier alpha value is -2.26. The monoisotopic (exact) mass is 448 g/mol. The minimum Gasteiger partial charge on any atom is -0.351 e. The van der Waals surface area contributed by atoms with Gasteiger partial charge in [-0.2, -0.15) is 0 Å². The van der Waals surface area contributed by atoms with Gasteiger partial charge in [0.2, 0.25) is 11.8 Å². The highest BCUT2D eigenvalue weighted by molar-refractivity contribution is 9.10. The molecule has 0 saturated carbocycles. The van der Waals surface area contributed by atoms with Gasteiger partial charge in [0.25, 0.3) is 5.91 Å². The molecule has 2 aliphatic heterocycles. The maximum absolute atomic E-state index is 12.6. The molecule has 1 aromatic heterocycles. The molecule has 1 saturated heterocycles. The number of hydrogen-bond donors (Lipinski definition) is 2. The second kappa shape index (κ2) is 7.40. The molecule has 4 rings (SSSR count). The minimum atomic E-state index is -0.450. The number of anilines is 2. The zero-order valence-electron chi connectivity index (χ0n) is 14.3. The Balaban J connectivity index is 1.46. The molecule has 0 spiro atoms. The summed E-state index contributed by atoms with van der Waals surface area (Å²) in [5.74, 6) is -0.918. The van der Waals surface area contributed by atoms with Crippen molar-refractivity contribution in [2.45, 2.75) is 19.3 Å². The summed E-state index contributed by atoms with van der Waals surface area (Å²) in [6.07, 6.45) is 1.69. The zero-order valence-corrected chi connectivity index (χ0v) is 16.7. The van der Waals surface area contributed by atoms with Gasteiger partial charge in [-0.3, -0.25) is 14.4 Å². The van der Waals surface area contributed by atoms with E-state index in [1.807, 2.05) is 24.3 Å². The average molecular weight is 449 g/mol. The molecule has 2 aromatic rings. The Morgan fingerprint density at radius 1 is 1.37 bits per heavy atom. The first-order valence-electron chi connectivity index (χ1n) is 8.66. The third-order valence-electron chi connectivity index (χ3n) is 4.63. The van der Waals surface area contributed by atoms with Crippen LogP contribution >= 0.6 is 27.3 Å². The summed E-state index contributed by atoms with van der Waals surface area (Å²) in [5.41, 5.74) is 1.49. The van der Waals surface area contributed by atoms with Gasteiger partial charge in [-0.1, -0.05) is 33.3 Å². The molecule has 0 bridgehead atoms. The van der Waals surface area contributed by atoms with Crippen LogP contribution in [0.1, 0.15) is 28.2 Å². The van der Waals surface area contributed by atoms with E-state index in [1.54, 1.807) is 4.90 Å². The van der Waals surface area contributed by atoms with Crippen molar-refractivity contribution < 1.29 is 14.4 Å². The van der Waals surface area contributed by atoms with E-state index in [1.165, 1.54) is 11.3 Å². The van der Waals surface area contributed by atoms with Gasteiger partial charge in [0.1, 0.15) is 4.88 Å². The number of carbonyl (C=O) groups excluding carboxylic acids is 3. The molecule has 1 fully saturated rings. The van der Waals surface area contributed by atoms with Crippen LogP contribution in [-0.2, 0) is 16.0 Å². The number of hydrogen-bond acceptors (Lipinski definition) is 5. The number of nitrogens with zero attached hydrogens (tertiary/aromatic N) is 2. The van der Waals surface area contributed by atoms with Crippen molar-refractivity contribution >= 4 is 55.8 Å². The highest BCUT2D eigenvalue weighted by atomic mass is 79.9. The lowest BCUT2D eigenvalue weighted by Crippen LogP contribution is -2.28. The summed E-state index contributed by atoms with van der Waals surface area (Å²) >= 11 is 4.58. The van der Waals surface area contributed by atoms with Crippen LogP contribution < -0.4 is 15.5 Å². The summed E-state index contributed by atoms with van der Waals surface area (Å²) < 4.78 is 0.878. The van der Waals surface area contributed by atoms with Gasteiger partial charge >= 0.3 is 0 Å². The molecular weight excluding hydrogens is 432 g/mol. The van der Waals surface area contributed by atoms with Crippen LogP contribution in [-0.4, -0.2) is 35.8 Å². The molecule has 3 amide bonds. The van der Waals surface area contributed by atoms with Crippen molar-refractivity contribution in [2.24, 2.45) is 5.92 Å². The van der Waals surface area contributed by atoms with E-state index in [9.17, 15) is 14.4 Å². The third-order valence-corrected chi connectivity index (χ3v) is 6.13. The van der Waals surface area contributed by atoms with Crippen LogP contribution in [0.5, 0.6) is 0 Å². The predicted octanol–water partition coefficient (Wildman–Crippen LogP) is 2.57. The number of benzene rings is 1. The van der Waals surface area contributed by atoms with Crippen LogP contribution in [0.2, 0.25) is 0 Å². The van der Waals surface area contributed by atoms with Gasteiger partial charge < -0.3 is 15.5 Å². The van der Waals surface area contributed by atoms with Gasteiger partial charge in [-0.05, 0) is 31.0 Å². The summed E-state index contributed by atoms with van der Waals surface area (Å²) in [5, 5.41) is 6.02. The van der Waals surface area contributed by atoms with E-state index in [-0.39, 0.29) is 24.1 Å². The number of aromatic nitrogens is 1. The highest BCUT2D eigenvalue weighted by Crippen LogP contribution is 2.30. The van der Waals surface area contributed by atoms with Crippen LogP contribution in [0.15, 0.2) is 28.7 Å². The molecule has 0 radical (unpaired) electrons. The number of thiazole rings is 1. The number of nitrogens with one attached hydrogen (secondary N) is 2. The van der Waals surface area contributed by atoms with Gasteiger partial charge in [-0.25, -0.2) is 4.98 Å².